The van der Waals surface area contributed by atoms with Crippen molar-refractivity contribution in [1.29, 1.82) is 0 Å². The molecule has 0 saturated carbocycles. The monoisotopic (exact) mass is 315 g/mol. The van der Waals surface area contributed by atoms with Gasteiger partial charge in [-0.3, -0.25) is 4.79 Å². The van der Waals surface area contributed by atoms with Gasteiger partial charge in [-0.05, 0) is 38.8 Å². The topological polar surface area (TPSA) is 56.1 Å². The highest BCUT2D eigenvalue weighted by molar-refractivity contribution is 5.95. The molecule has 2 rings (SSSR count). The second kappa shape index (κ2) is 8.48. The fraction of sp³-hybridized carbons (Fsp3) is 0.444. The molecule has 2 aromatic rings. The molecule has 5 heteroatoms. The molecule has 5 nitrogen and oxygen atoms in total. The van der Waals surface area contributed by atoms with Crippen LogP contribution in [0.25, 0.3) is 5.69 Å². The summed E-state index contributed by atoms with van der Waals surface area (Å²) in [6.07, 6.45) is 3.21. The highest BCUT2D eigenvalue weighted by Gasteiger charge is 2.16. The minimum absolute atomic E-state index is 0.0725. The Labute approximate surface area is 137 Å². The van der Waals surface area contributed by atoms with Crippen LogP contribution in [0.3, 0.4) is 0 Å². The molecular formula is C18H25N3O2. The molecule has 0 fully saturated rings. The summed E-state index contributed by atoms with van der Waals surface area (Å²) in [6.45, 7) is 8.03. The summed E-state index contributed by atoms with van der Waals surface area (Å²) in [5.74, 6) is -0.0725. The van der Waals surface area contributed by atoms with E-state index in [9.17, 15) is 4.79 Å². The van der Waals surface area contributed by atoms with Crippen LogP contribution in [0.15, 0.2) is 30.5 Å². The molecule has 0 aliphatic carbocycles. The lowest BCUT2D eigenvalue weighted by Gasteiger charge is -2.09. The van der Waals surface area contributed by atoms with Crippen LogP contribution in [0.4, 0.5) is 0 Å². The van der Waals surface area contributed by atoms with Crippen molar-refractivity contribution in [2.45, 2.75) is 33.6 Å². The minimum atomic E-state index is -0.0725. The van der Waals surface area contributed by atoms with Gasteiger partial charge in [-0.1, -0.05) is 24.6 Å². The molecule has 0 saturated heterocycles. The van der Waals surface area contributed by atoms with Crippen molar-refractivity contribution in [2.24, 2.45) is 0 Å². The lowest BCUT2D eigenvalue weighted by Crippen LogP contribution is -2.26. The molecule has 0 radical (unpaired) electrons. The third-order valence-electron chi connectivity index (χ3n) is 3.68. The molecule has 124 valence electrons. The lowest BCUT2D eigenvalue weighted by atomic mass is 10.1. The Morgan fingerprint density at radius 3 is 2.65 bits per heavy atom. The van der Waals surface area contributed by atoms with E-state index in [1.807, 2.05) is 42.8 Å². The van der Waals surface area contributed by atoms with Gasteiger partial charge in [-0.2, -0.15) is 5.10 Å². The fourth-order valence-electron chi connectivity index (χ4n) is 2.43. The first-order valence-corrected chi connectivity index (χ1v) is 8.17. The molecule has 1 N–H and O–H groups in total. The Kier molecular flexibility index (Phi) is 6.35. The molecule has 1 amide bonds. The van der Waals surface area contributed by atoms with E-state index in [0.29, 0.717) is 25.3 Å². The van der Waals surface area contributed by atoms with Gasteiger partial charge in [-0.15, -0.1) is 0 Å². The number of ether oxygens (including phenoxy) is 1. The van der Waals surface area contributed by atoms with E-state index >= 15 is 0 Å². The number of aryl methyl sites for hydroxylation is 1. The molecule has 0 bridgehead atoms. The van der Waals surface area contributed by atoms with Crippen molar-refractivity contribution < 1.29 is 9.53 Å². The number of amides is 1. The van der Waals surface area contributed by atoms with E-state index < -0.39 is 0 Å². The minimum Gasteiger partial charge on any atom is -0.382 e. The Balaban J connectivity index is 2.08. The smallest absolute Gasteiger partial charge is 0.254 e. The second-order valence-corrected chi connectivity index (χ2v) is 5.41. The van der Waals surface area contributed by atoms with Crippen LogP contribution in [0, 0.1) is 6.92 Å². The fourth-order valence-corrected chi connectivity index (χ4v) is 2.43. The van der Waals surface area contributed by atoms with Gasteiger partial charge in [0.1, 0.15) is 0 Å². The van der Waals surface area contributed by atoms with Gasteiger partial charge in [0.25, 0.3) is 5.91 Å². The number of rotatable bonds is 8. The first kappa shape index (κ1) is 17.2. The number of nitrogens with zero attached hydrogens (tertiary/aromatic N) is 2. The highest BCUT2D eigenvalue weighted by atomic mass is 16.5. The van der Waals surface area contributed by atoms with Crippen LogP contribution < -0.4 is 5.32 Å². The first-order valence-electron chi connectivity index (χ1n) is 8.17. The standard InChI is InChI=1S/C18H25N3O2/c1-4-17-16(18(22)19-11-6-12-23-5-2)13-20-21(17)15-9-7-14(3)8-10-15/h7-10,13H,4-6,11-12H2,1-3H3,(H,19,22). The Morgan fingerprint density at radius 2 is 2.00 bits per heavy atom. The van der Waals surface area contributed by atoms with E-state index in [1.54, 1.807) is 6.20 Å². The maximum absolute atomic E-state index is 12.4. The molecule has 1 aromatic carbocycles. The maximum atomic E-state index is 12.4. The molecule has 0 aliphatic rings. The predicted octanol–water partition coefficient (Wildman–Crippen LogP) is 2.90. The van der Waals surface area contributed by atoms with Gasteiger partial charge >= 0.3 is 0 Å². The highest BCUT2D eigenvalue weighted by Crippen LogP contribution is 2.16. The lowest BCUT2D eigenvalue weighted by molar-refractivity contribution is 0.0943. The quantitative estimate of drug-likeness (QED) is 0.762. The summed E-state index contributed by atoms with van der Waals surface area (Å²) in [4.78, 5) is 12.4. The van der Waals surface area contributed by atoms with Gasteiger partial charge in [0, 0.05) is 19.8 Å². The van der Waals surface area contributed by atoms with Crippen molar-refractivity contribution in [1.82, 2.24) is 15.1 Å². The Hall–Kier alpha value is -2.14. The number of carbonyl (C=O) groups excluding carboxylic acids is 1. The summed E-state index contributed by atoms with van der Waals surface area (Å²) in [5.41, 5.74) is 3.75. The van der Waals surface area contributed by atoms with Gasteiger partial charge in [0.05, 0.1) is 23.1 Å². The molecule has 0 aliphatic heterocycles. The number of nitrogens with one attached hydrogen (secondary N) is 1. The van der Waals surface area contributed by atoms with Gasteiger partial charge in [-0.25, -0.2) is 4.68 Å². The number of carbonyl (C=O) groups is 1. The van der Waals surface area contributed by atoms with E-state index in [2.05, 4.69) is 17.3 Å². The van der Waals surface area contributed by atoms with Gasteiger partial charge < -0.3 is 10.1 Å². The van der Waals surface area contributed by atoms with Crippen LogP contribution in [0.5, 0.6) is 0 Å². The Morgan fingerprint density at radius 1 is 1.26 bits per heavy atom. The predicted molar refractivity (Wildman–Crippen MR) is 91.1 cm³/mol. The third kappa shape index (κ3) is 4.42. The van der Waals surface area contributed by atoms with E-state index in [-0.39, 0.29) is 5.91 Å². The zero-order chi connectivity index (χ0) is 16.7. The van der Waals surface area contributed by atoms with E-state index in [4.69, 9.17) is 4.74 Å². The molecule has 1 heterocycles. The third-order valence-corrected chi connectivity index (χ3v) is 3.68. The zero-order valence-electron chi connectivity index (χ0n) is 14.1. The summed E-state index contributed by atoms with van der Waals surface area (Å²) in [6, 6.07) is 8.13. The van der Waals surface area contributed by atoms with Crippen molar-refractivity contribution in [3.63, 3.8) is 0 Å². The SMILES string of the molecule is CCOCCCNC(=O)c1cnn(-c2ccc(C)cc2)c1CC. The molecule has 0 unspecified atom stereocenters. The zero-order valence-corrected chi connectivity index (χ0v) is 14.1. The second-order valence-electron chi connectivity index (χ2n) is 5.41. The summed E-state index contributed by atoms with van der Waals surface area (Å²) >= 11 is 0. The molecule has 1 aromatic heterocycles. The normalized spacial score (nSPS) is 10.7. The number of benzene rings is 1. The summed E-state index contributed by atoms with van der Waals surface area (Å²) in [5, 5.41) is 7.33. The number of hydrogen-bond acceptors (Lipinski definition) is 3. The van der Waals surface area contributed by atoms with Crippen molar-refractivity contribution >= 4 is 5.91 Å². The molecular weight excluding hydrogens is 290 g/mol. The van der Waals surface area contributed by atoms with Crippen molar-refractivity contribution in [3.8, 4) is 5.69 Å². The average Bonchev–Trinajstić information content (AvgIpc) is 2.99. The molecule has 0 spiro atoms. The number of hydrogen-bond donors (Lipinski definition) is 1. The van der Waals surface area contributed by atoms with Crippen LogP contribution in [0.2, 0.25) is 0 Å². The first-order chi connectivity index (χ1) is 11.2. The molecule has 23 heavy (non-hydrogen) atoms. The van der Waals surface area contributed by atoms with Crippen molar-refractivity contribution in [3.05, 3.63) is 47.3 Å². The van der Waals surface area contributed by atoms with E-state index in [1.165, 1.54) is 5.56 Å². The summed E-state index contributed by atoms with van der Waals surface area (Å²) in [7, 11) is 0. The van der Waals surface area contributed by atoms with E-state index in [0.717, 1.165) is 24.2 Å². The number of aromatic nitrogens is 2. The maximum Gasteiger partial charge on any atom is 0.254 e. The van der Waals surface area contributed by atoms with Crippen LogP contribution in [-0.2, 0) is 11.2 Å². The van der Waals surface area contributed by atoms with Crippen molar-refractivity contribution in [2.75, 3.05) is 19.8 Å². The van der Waals surface area contributed by atoms with Gasteiger partial charge in [0.15, 0.2) is 0 Å². The Bertz CT molecular complexity index is 632. The largest absolute Gasteiger partial charge is 0.382 e. The van der Waals surface area contributed by atoms with Crippen LogP contribution in [0.1, 0.15) is 41.9 Å². The molecule has 0 atom stereocenters. The average molecular weight is 315 g/mol. The summed E-state index contributed by atoms with van der Waals surface area (Å²) < 4.78 is 7.11. The van der Waals surface area contributed by atoms with Crippen LogP contribution >= 0.6 is 0 Å². The van der Waals surface area contributed by atoms with Crippen LogP contribution in [-0.4, -0.2) is 35.4 Å². The van der Waals surface area contributed by atoms with Gasteiger partial charge in [0.2, 0.25) is 0 Å².